The molecule has 84 valence electrons. The van der Waals surface area contributed by atoms with Crippen molar-refractivity contribution in [1.82, 2.24) is 15.0 Å². The molecule has 0 aliphatic carbocycles. The third kappa shape index (κ3) is 2.52. The zero-order valence-corrected chi connectivity index (χ0v) is 12.3. The summed E-state index contributed by atoms with van der Waals surface area (Å²) < 4.78 is 0.946. The molecule has 3 nitrogen and oxygen atoms in total. The first kappa shape index (κ1) is 12.2. The highest BCUT2D eigenvalue weighted by Crippen LogP contribution is 2.25. The largest absolute Gasteiger partial charge is 0.241 e. The van der Waals surface area contributed by atoms with Gasteiger partial charge in [0.05, 0.1) is 9.26 Å². The fourth-order valence-electron chi connectivity index (χ4n) is 1.30. The van der Waals surface area contributed by atoms with Gasteiger partial charge in [-0.05, 0) is 29.0 Å². The van der Waals surface area contributed by atoms with Gasteiger partial charge in [-0.25, -0.2) is 15.0 Å². The van der Waals surface area contributed by atoms with Crippen molar-refractivity contribution in [3.8, 4) is 10.8 Å². The van der Waals surface area contributed by atoms with Crippen molar-refractivity contribution >= 4 is 45.5 Å². The Bertz CT molecular complexity index is 487. The molecule has 0 amide bonds. The Kier molecular flexibility index (Phi) is 4.10. The molecule has 0 unspecified atom stereocenters. The van der Waals surface area contributed by atoms with E-state index in [1.54, 1.807) is 6.20 Å². The van der Waals surface area contributed by atoms with Crippen LogP contribution in [0.2, 0.25) is 5.15 Å². The number of nitrogens with zero attached hydrogens (tertiary/aromatic N) is 3. The average molecular weight is 366 g/mol. The minimum atomic E-state index is 0.518. The molecule has 0 aromatic carbocycles. The van der Waals surface area contributed by atoms with Gasteiger partial charge in [0.1, 0.15) is 5.15 Å². The Morgan fingerprint density at radius 1 is 1.44 bits per heavy atom. The maximum atomic E-state index is 6.09. The molecule has 0 bridgehead atoms. The molecular formula is C10H9ClIN3S. The Balaban J connectivity index is 2.48. The standard InChI is InChI=1S/C10H9ClIN3S/c1-2-3-6-7(12)8(11)15-9(14-6)10-13-4-5-16-10/h4-5H,2-3H2,1H3. The van der Waals surface area contributed by atoms with Gasteiger partial charge in [0.25, 0.3) is 0 Å². The number of thiazole rings is 1. The quantitative estimate of drug-likeness (QED) is 0.613. The monoisotopic (exact) mass is 365 g/mol. The third-order valence-corrected chi connectivity index (χ3v) is 4.48. The highest BCUT2D eigenvalue weighted by Gasteiger charge is 2.12. The Labute approximate surface area is 116 Å². The molecule has 0 fully saturated rings. The Morgan fingerprint density at radius 3 is 2.88 bits per heavy atom. The van der Waals surface area contributed by atoms with E-state index in [0.29, 0.717) is 11.0 Å². The van der Waals surface area contributed by atoms with Crippen LogP contribution in [0.1, 0.15) is 19.0 Å². The second-order valence-corrected chi connectivity index (χ2v) is 5.52. The smallest absolute Gasteiger partial charge is 0.190 e. The van der Waals surface area contributed by atoms with Crippen LogP contribution in [0.15, 0.2) is 11.6 Å². The van der Waals surface area contributed by atoms with Crippen LogP contribution in [-0.2, 0) is 6.42 Å². The van der Waals surface area contributed by atoms with Gasteiger partial charge in [0.15, 0.2) is 10.8 Å². The molecule has 2 rings (SSSR count). The summed E-state index contributed by atoms with van der Waals surface area (Å²) in [5.74, 6) is 0.629. The summed E-state index contributed by atoms with van der Waals surface area (Å²) in [6.07, 6.45) is 3.70. The SMILES string of the molecule is CCCc1nc(-c2nccs2)nc(Cl)c1I. The van der Waals surface area contributed by atoms with E-state index in [9.17, 15) is 0 Å². The summed E-state index contributed by atoms with van der Waals surface area (Å²) in [4.78, 5) is 13.0. The maximum absolute atomic E-state index is 6.09. The fraction of sp³-hybridized carbons (Fsp3) is 0.300. The first-order valence-electron chi connectivity index (χ1n) is 4.84. The molecule has 0 aliphatic heterocycles. The van der Waals surface area contributed by atoms with Crippen LogP contribution in [0.25, 0.3) is 10.8 Å². The first-order chi connectivity index (χ1) is 7.72. The highest BCUT2D eigenvalue weighted by atomic mass is 127. The molecule has 0 saturated carbocycles. The van der Waals surface area contributed by atoms with Gasteiger partial charge in [0.2, 0.25) is 0 Å². The molecule has 0 aliphatic rings. The van der Waals surface area contributed by atoms with E-state index in [4.69, 9.17) is 11.6 Å². The van der Waals surface area contributed by atoms with E-state index < -0.39 is 0 Å². The second-order valence-electron chi connectivity index (χ2n) is 3.19. The number of rotatable bonds is 3. The molecule has 0 N–H and O–H groups in total. The second kappa shape index (κ2) is 5.37. The number of hydrogen-bond acceptors (Lipinski definition) is 4. The zero-order chi connectivity index (χ0) is 11.5. The van der Waals surface area contributed by atoms with E-state index in [-0.39, 0.29) is 0 Å². The maximum Gasteiger partial charge on any atom is 0.190 e. The molecule has 0 spiro atoms. The predicted octanol–water partition coefficient (Wildman–Crippen LogP) is 3.81. The molecule has 0 saturated heterocycles. The van der Waals surface area contributed by atoms with Crippen LogP contribution in [0, 0.1) is 3.57 Å². The van der Waals surface area contributed by atoms with Crippen molar-refractivity contribution in [2.24, 2.45) is 0 Å². The van der Waals surface area contributed by atoms with Gasteiger partial charge < -0.3 is 0 Å². The van der Waals surface area contributed by atoms with Crippen molar-refractivity contribution in [2.75, 3.05) is 0 Å². The van der Waals surface area contributed by atoms with Gasteiger partial charge >= 0.3 is 0 Å². The van der Waals surface area contributed by atoms with Crippen molar-refractivity contribution in [3.63, 3.8) is 0 Å². The minimum absolute atomic E-state index is 0.518. The van der Waals surface area contributed by atoms with Crippen molar-refractivity contribution < 1.29 is 0 Å². The van der Waals surface area contributed by atoms with Crippen molar-refractivity contribution in [2.45, 2.75) is 19.8 Å². The third-order valence-electron chi connectivity index (χ3n) is 1.99. The molecular weight excluding hydrogens is 357 g/mol. The summed E-state index contributed by atoms with van der Waals surface area (Å²) in [7, 11) is 0. The topological polar surface area (TPSA) is 38.7 Å². The lowest BCUT2D eigenvalue weighted by molar-refractivity contribution is 0.867. The number of aromatic nitrogens is 3. The molecule has 2 aromatic rings. The van der Waals surface area contributed by atoms with Crippen LogP contribution in [0.5, 0.6) is 0 Å². The van der Waals surface area contributed by atoms with Crippen LogP contribution in [-0.4, -0.2) is 15.0 Å². The van der Waals surface area contributed by atoms with Crippen LogP contribution >= 0.6 is 45.5 Å². The van der Waals surface area contributed by atoms with E-state index in [1.165, 1.54) is 11.3 Å². The molecule has 6 heteroatoms. The van der Waals surface area contributed by atoms with Crippen molar-refractivity contribution in [1.29, 1.82) is 0 Å². The molecule has 2 heterocycles. The summed E-state index contributed by atoms with van der Waals surface area (Å²) in [6, 6.07) is 0. The Morgan fingerprint density at radius 2 is 2.25 bits per heavy atom. The zero-order valence-electron chi connectivity index (χ0n) is 8.57. The van der Waals surface area contributed by atoms with Gasteiger partial charge in [-0.1, -0.05) is 24.9 Å². The number of halogens is 2. The summed E-state index contributed by atoms with van der Waals surface area (Å²) in [6.45, 7) is 2.12. The van der Waals surface area contributed by atoms with Gasteiger partial charge in [-0.15, -0.1) is 11.3 Å². The molecule has 0 radical (unpaired) electrons. The van der Waals surface area contributed by atoms with Crippen LogP contribution < -0.4 is 0 Å². The van der Waals surface area contributed by atoms with E-state index >= 15 is 0 Å². The molecule has 2 aromatic heterocycles. The highest BCUT2D eigenvalue weighted by molar-refractivity contribution is 14.1. The molecule has 16 heavy (non-hydrogen) atoms. The molecule has 0 atom stereocenters. The summed E-state index contributed by atoms with van der Waals surface area (Å²) >= 11 is 9.80. The van der Waals surface area contributed by atoms with Crippen LogP contribution in [0.4, 0.5) is 0 Å². The van der Waals surface area contributed by atoms with Gasteiger partial charge in [0, 0.05) is 11.6 Å². The average Bonchev–Trinajstić information content (AvgIpc) is 2.78. The van der Waals surface area contributed by atoms with E-state index in [0.717, 1.165) is 27.1 Å². The Hall–Kier alpha value is -0.270. The lowest BCUT2D eigenvalue weighted by Gasteiger charge is -2.05. The van der Waals surface area contributed by atoms with Gasteiger partial charge in [-0.2, -0.15) is 0 Å². The van der Waals surface area contributed by atoms with Crippen LogP contribution in [0.3, 0.4) is 0 Å². The lowest BCUT2D eigenvalue weighted by Crippen LogP contribution is -2.00. The fourth-order valence-corrected chi connectivity index (χ4v) is 2.56. The first-order valence-corrected chi connectivity index (χ1v) is 7.17. The predicted molar refractivity (Wildman–Crippen MR) is 74.9 cm³/mol. The lowest BCUT2D eigenvalue weighted by atomic mass is 10.2. The van der Waals surface area contributed by atoms with Crippen molar-refractivity contribution in [3.05, 3.63) is 26.0 Å². The number of hydrogen-bond donors (Lipinski definition) is 0. The number of aryl methyl sites for hydroxylation is 1. The van der Waals surface area contributed by atoms with Gasteiger partial charge in [-0.3, -0.25) is 0 Å². The summed E-state index contributed by atoms with van der Waals surface area (Å²) in [5, 5.41) is 3.24. The summed E-state index contributed by atoms with van der Waals surface area (Å²) in [5.41, 5.74) is 1.01. The van der Waals surface area contributed by atoms with E-state index in [1.807, 2.05) is 5.38 Å². The normalized spacial score (nSPS) is 10.7. The van der Waals surface area contributed by atoms with E-state index in [2.05, 4.69) is 44.5 Å². The minimum Gasteiger partial charge on any atom is -0.241 e.